The molecule has 2 rings (SSSR count). The number of thiocarbonyl (C=S) groups is 1. The maximum atomic E-state index is 5.71. The molecule has 1 saturated heterocycles. The van der Waals surface area contributed by atoms with Crippen LogP contribution in [-0.2, 0) is 0 Å². The summed E-state index contributed by atoms with van der Waals surface area (Å²) in [7, 11) is 0. The lowest BCUT2D eigenvalue weighted by Crippen LogP contribution is -2.39. The SMILES string of the molecule is CC1(C)CCN(c2nnccc2C(N)=S)CC1. The lowest BCUT2D eigenvalue weighted by atomic mass is 9.82. The molecule has 1 aliphatic rings. The van der Waals surface area contributed by atoms with Gasteiger partial charge in [-0.25, -0.2) is 0 Å². The second-order valence-electron chi connectivity index (χ2n) is 5.28. The predicted octanol–water partition coefficient (Wildman–Crippen LogP) is 1.74. The third-order valence-electron chi connectivity index (χ3n) is 3.38. The number of nitrogens with two attached hydrogens (primary N) is 1. The van der Waals surface area contributed by atoms with Crippen molar-refractivity contribution in [2.24, 2.45) is 11.1 Å². The summed E-state index contributed by atoms with van der Waals surface area (Å²) in [6.45, 7) is 6.58. The Labute approximate surface area is 107 Å². The molecule has 17 heavy (non-hydrogen) atoms. The van der Waals surface area contributed by atoms with Gasteiger partial charge in [0.15, 0.2) is 5.82 Å². The second kappa shape index (κ2) is 4.56. The zero-order valence-electron chi connectivity index (χ0n) is 10.3. The van der Waals surface area contributed by atoms with Crippen molar-refractivity contribution in [2.45, 2.75) is 26.7 Å². The Morgan fingerprint density at radius 2 is 2.06 bits per heavy atom. The first kappa shape index (κ1) is 12.2. The Balaban J connectivity index is 2.21. The van der Waals surface area contributed by atoms with E-state index in [9.17, 15) is 0 Å². The van der Waals surface area contributed by atoms with E-state index in [4.69, 9.17) is 18.0 Å². The summed E-state index contributed by atoms with van der Waals surface area (Å²) in [6.07, 6.45) is 3.94. The summed E-state index contributed by atoms with van der Waals surface area (Å²) in [5.74, 6) is 0.829. The molecular weight excluding hydrogens is 232 g/mol. The third kappa shape index (κ3) is 2.72. The van der Waals surface area contributed by atoms with Gasteiger partial charge in [-0.05, 0) is 24.3 Å². The lowest BCUT2D eigenvalue weighted by molar-refractivity contribution is 0.279. The molecule has 1 aliphatic heterocycles. The maximum Gasteiger partial charge on any atom is 0.161 e. The fraction of sp³-hybridized carbons (Fsp3) is 0.583. The van der Waals surface area contributed by atoms with Crippen LogP contribution in [-0.4, -0.2) is 28.3 Å². The van der Waals surface area contributed by atoms with Crippen LogP contribution in [0.2, 0.25) is 0 Å². The van der Waals surface area contributed by atoms with Crippen LogP contribution in [0.4, 0.5) is 5.82 Å². The van der Waals surface area contributed by atoms with E-state index < -0.39 is 0 Å². The smallest absolute Gasteiger partial charge is 0.161 e. The van der Waals surface area contributed by atoms with Gasteiger partial charge in [0.05, 0.1) is 11.8 Å². The normalized spacial score (nSPS) is 19.1. The van der Waals surface area contributed by atoms with E-state index in [1.54, 1.807) is 6.20 Å². The first-order valence-corrected chi connectivity index (χ1v) is 6.27. The maximum absolute atomic E-state index is 5.71. The molecule has 2 heterocycles. The van der Waals surface area contributed by atoms with Crippen molar-refractivity contribution in [3.05, 3.63) is 17.8 Å². The van der Waals surface area contributed by atoms with Gasteiger partial charge in [-0.3, -0.25) is 0 Å². The summed E-state index contributed by atoms with van der Waals surface area (Å²) in [5, 5.41) is 8.11. The Hall–Kier alpha value is -1.23. The number of nitrogens with zero attached hydrogens (tertiary/aromatic N) is 3. The molecule has 0 radical (unpaired) electrons. The van der Waals surface area contributed by atoms with E-state index in [1.807, 2.05) is 6.07 Å². The van der Waals surface area contributed by atoms with Crippen LogP contribution < -0.4 is 10.6 Å². The van der Waals surface area contributed by atoms with Gasteiger partial charge in [-0.2, -0.15) is 5.10 Å². The van der Waals surface area contributed by atoms with E-state index in [0.29, 0.717) is 10.4 Å². The summed E-state index contributed by atoms with van der Waals surface area (Å²) < 4.78 is 0. The quantitative estimate of drug-likeness (QED) is 0.810. The summed E-state index contributed by atoms with van der Waals surface area (Å²) in [6, 6.07) is 1.84. The van der Waals surface area contributed by atoms with Gasteiger partial charge in [-0.15, -0.1) is 5.10 Å². The fourth-order valence-corrected chi connectivity index (χ4v) is 2.23. The van der Waals surface area contributed by atoms with Crippen molar-refractivity contribution in [3.8, 4) is 0 Å². The molecular formula is C12H18N4S. The van der Waals surface area contributed by atoms with E-state index >= 15 is 0 Å². The Kier molecular flexibility index (Phi) is 3.28. The molecule has 1 fully saturated rings. The van der Waals surface area contributed by atoms with E-state index in [1.165, 1.54) is 0 Å². The molecule has 0 atom stereocenters. The summed E-state index contributed by atoms with van der Waals surface area (Å²) >= 11 is 5.05. The number of aromatic nitrogens is 2. The minimum atomic E-state index is 0.389. The highest BCUT2D eigenvalue weighted by molar-refractivity contribution is 7.80. The second-order valence-corrected chi connectivity index (χ2v) is 5.72. The monoisotopic (exact) mass is 250 g/mol. The highest BCUT2D eigenvalue weighted by atomic mass is 32.1. The molecule has 0 aromatic carbocycles. The molecule has 1 aromatic heterocycles. The summed E-state index contributed by atoms with van der Waals surface area (Å²) in [5.41, 5.74) is 6.96. The molecule has 0 saturated carbocycles. The van der Waals surface area contributed by atoms with Crippen molar-refractivity contribution in [1.29, 1.82) is 0 Å². The Morgan fingerprint density at radius 1 is 1.41 bits per heavy atom. The van der Waals surface area contributed by atoms with Crippen molar-refractivity contribution < 1.29 is 0 Å². The first-order chi connectivity index (χ1) is 7.99. The molecule has 92 valence electrons. The largest absolute Gasteiger partial charge is 0.389 e. The van der Waals surface area contributed by atoms with Crippen molar-refractivity contribution in [3.63, 3.8) is 0 Å². The molecule has 0 bridgehead atoms. The summed E-state index contributed by atoms with van der Waals surface area (Å²) in [4.78, 5) is 2.62. The van der Waals surface area contributed by atoms with Gasteiger partial charge < -0.3 is 10.6 Å². The molecule has 2 N–H and O–H groups in total. The van der Waals surface area contributed by atoms with Gasteiger partial charge in [0, 0.05) is 13.1 Å². The van der Waals surface area contributed by atoms with Gasteiger partial charge >= 0.3 is 0 Å². The molecule has 5 heteroatoms. The van der Waals surface area contributed by atoms with E-state index in [-0.39, 0.29) is 0 Å². The van der Waals surface area contributed by atoms with E-state index in [0.717, 1.165) is 37.3 Å². The van der Waals surface area contributed by atoms with E-state index in [2.05, 4.69) is 28.9 Å². The standard InChI is InChI=1S/C12H18N4S/c1-12(2)4-7-16(8-5-12)11-9(10(13)17)3-6-14-15-11/h3,6H,4-5,7-8H2,1-2H3,(H2,13,17). The minimum Gasteiger partial charge on any atom is -0.389 e. The van der Waals surface area contributed by atoms with Gasteiger partial charge in [-0.1, -0.05) is 26.1 Å². The highest BCUT2D eigenvalue weighted by Gasteiger charge is 2.27. The average molecular weight is 250 g/mol. The minimum absolute atomic E-state index is 0.389. The fourth-order valence-electron chi connectivity index (χ4n) is 2.07. The zero-order chi connectivity index (χ0) is 12.5. The van der Waals surface area contributed by atoms with Crippen LogP contribution in [0.3, 0.4) is 0 Å². The number of hydrogen-bond acceptors (Lipinski definition) is 4. The van der Waals surface area contributed by atoms with Crippen LogP contribution in [0, 0.1) is 5.41 Å². The number of anilines is 1. The van der Waals surface area contributed by atoms with Gasteiger partial charge in [0.1, 0.15) is 4.99 Å². The van der Waals surface area contributed by atoms with Crippen molar-refractivity contribution >= 4 is 23.0 Å². The number of rotatable bonds is 2. The number of piperidine rings is 1. The van der Waals surface area contributed by atoms with Crippen LogP contribution in [0.1, 0.15) is 32.3 Å². The van der Waals surface area contributed by atoms with Gasteiger partial charge in [0.25, 0.3) is 0 Å². The molecule has 0 amide bonds. The molecule has 0 spiro atoms. The van der Waals surface area contributed by atoms with Crippen LogP contribution >= 0.6 is 12.2 Å². The molecule has 4 nitrogen and oxygen atoms in total. The van der Waals surface area contributed by atoms with Crippen LogP contribution in [0.15, 0.2) is 12.3 Å². The van der Waals surface area contributed by atoms with Crippen molar-refractivity contribution in [2.75, 3.05) is 18.0 Å². The predicted molar refractivity (Wildman–Crippen MR) is 73.1 cm³/mol. The average Bonchev–Trinajstić information content (AvgIpc) is 2.29. The highest BCUT2D eigenvalue weighted by Crippen LogP contribution is 2.32. The van der Waals surface area contributed by atoms with Crippen LogP contribution in [0.5, 0.6) is 0 Å². The molecule has 0 aliphatic carbocycles. The third-order valence-corrected chi connectivity index (χ3v) is 3.60. The van der Waals surface area contributed by atoms with Crippen LogP contribution in [0.25, 0.3) is 0 Å². The zero-order valence-corrected chi connectivity index (χ0v) is 11.1. The Bertz CT molecular complexity index is 420. The topological polar surface area (TPSA) is 55.0 Å². The first-order valence-electron chi connectivity index (χ1n) is 5.86. The lowest BCUT2D eigenvalue weighted by Gasteiger charge is -2.37. The van der Waals surface area contributed by atoms with Gasteiger partial charge in [0.2, 0.25) is 0 Å². The number of hydrogen-bond donors (Lipinski definition) is 1. The molecule has 1 aromatic rings. The van der Waals surface area contributed by atoms with Crippen molar-refractivity contribution in [1.82, 2.24) is 10.2 Å². The Morgan fingerprint density at radius 3 is 2.65 bits per heavy atom. The molecule has 0 unspecified atom stereocenters.